The molecule has 0 N–H and O–H groups in total. The molecule has 3 heteroatoms. The molecule has 2 rings (SSSR count). The quantitative estimate of drug-likeness (QED) is 0.756. The lowest BCUT2D eigenvalue weighted by Crippen LogP contribution is -2.04. The van der Waals surface area contributed by atoms with E-state index >= 15 is 0 Å². The van der Waals surface area contributed by atoms with E-state index in [1.165, 1.54) is 0 Å². The first kappa shape index (κ1) is 14.1. The summed E-state index contributed by atoms with van der Waals surface area (Å²) >= 11 is 0. The predicted molar refractivity (Wildman–Crippen MR) is 78.5 cm³/mol. The molecule has 0 bridgehead atoms. The zero-order valence-corrected chi connectivity index (χ0v) is 11.7. The topological polar surface area (TPSA) is 35.5 Å². The van der Waals surface area contributed by atoms with E-state index in [0.29, 0.717) is 6.42 Å². The van der Waals surface area contributed by atoms with Crippen molar-refractivity contribution in [2.75, 3.05) is 14.2 Å². The molecule has 0 aliphatic heterocycles. The van der Waals surface area contributed by atoms with Gasteiger partial charge in [-0.3, -0.25) is 0 Å². The molecule has 0 radical (unpaired) electrons. The average molecular weight is 270 g/mol. The number of ether oxygens (including phenoxy) is 2. The van der Waals surface area contributed by atoms with Crippen LogP contribution in [0.15, 0.2) is 48.5 Å². The number of benzene rings is 2. The van der Waals surface area contributed by atoms with Crippen molar-refractivity contribution < 1.29 is 14.3 Å². The van der Waals surface area contributed by atoms with Gasteiger partial charge in [-0.05, 0) is 41.8 Å². The van der Waals surface area contributed by atoms with Crippen LogP contribution in [-0.4, -0.2) is 20.5 Å². The minimum absolute atomic E-state index is 0.144. The lowest BCUT2D eigenvalue weighted by atomic mass is 9.93. The van der Waals surface area contributed by atoms with Gasteiger partial charge in [-0.25, -0.2) is 0 Å². The van der Waals surface area contributed by atoms with Gasteiger partial charge in [0, 0.05) is 5.92 Å². The van der Waals surface area contributed by atoms with Crippen LogP contribution >= 0.6 is 0 Å². The highest BCUT2D eigenvalue weighted by atomic mass is 16.5. The molecule has 2 aromatic rings. The van der Waals surface area contributed by atoms with E-state index in [9.17, 15) is 4.79 Å². The van der Waals surface area contributed by atoms with Crippen molar-refractivity contribution in [3.63, 3.8) is 0 Å². The van der Waals surface area contributed by atoms with Crippen LogP contribution in [0.25, 0.3) is 0 Å². The van der Waals surface area contributed by atoms with Gasteiger partial charge < -0.3 is 14.3 Å². The second-order valence-electron chi connectivity index (χ2n) is 4.57. The van der Waals surface area contributed by atoms with Crippen LogP contribution in [0.4, 0.5) is 0 Å². The van der Waals surface area contributed by atoms with Gasteiger partial charge in [0.15, 0.2) is 0 Å². The normalized spacial score (nSPS) is 11.7. The fourth-order valence-corrected chi connectivity index (χ4v) is 2.11. The lowest BCUT2D eigenvalue weighted by molar-refractivity contribution is -0.109. The van der Waals surface area contributed by atoms with Gasteiger partial charge in [0.1, 0.15) is 17.8 Å². The summed E-state index contributed by atoms with van der Waals surface area (Å²) in [4.78, 5) is 11.3. The lowest BCUT2D eigenvalue weighted by Gasteiger charge is -2.12. The number of hydrogen-bond acceptors (Lipinski definition) is 3. The Morgan fingerprint density at radius 3 is 1.85 bits per heavy atom. The highest BCUT2D eigenvalue weighted by Crippen LogP contribution is 2.22. The molecule has 0 aromatic heterocycles. The van der Waals surface area contributed by atoms with Gasteiger partial charge in [0.05, 0.1) is 14.2 Å². The summed E-state index contributed by atoms with van der Waals surface area (Å²) in [6.45, 7) is 0. The summed E-state index contributed by atoms with van der Waals surface area (Å²) in [6.07, 6.45) is 1.67. The number of hydrogen-bond donors (Lipinski definition) is 0. The van der Waals surface area contributed by atoms with Gasteiger partial charge in [0.2, 0.25) is 0 Å². The summed E-state index contributed by atoms with van der Waals surface area (Å²) in [5, 5.41) is 0. The van der Waals surface area contributed by atoms with Crippen molar-refractivity contribution in [2.45, 2.75) is 12.3 Å². The smallest absolute Gasteiger partial charge is 0.127 e. The molecule has 20 heavy (non-hydrogen) atoms. The van der Waals surface area contributed by atoms with Crippen LogP contribution in [0.1, 0.15) is 17.0 Å². The molecule has 0 aliphatic rings. The molecule has 0 heterocycles. The van der Waals surface area contributed by atoms with Crippen molar-refractivity contribution in [3.05, 3.63) is 59.7 Å². The Balaban J connectivity index is 2.12. The Morgan fingerprint density at radius 2 is 1.40 bits per heavy atom. The third-order valence-electron chi connectivity index (χ3n) is 3.32. The summed E-state index contributed by atoms with van der Waals surface area (Å²) in [6, 6.07) is 15.4. The Labute approximate surface area is 119 Å². The molecule has 0 aliphatic carbocycles. The van der Waals surface area contributed by atoms with Gasteiger partial charge >= 0.3 is 0 Å². The van der Waals surface area contributed by atoms with Crippen molar-refractivity contribution in [1.82, 2.24) is 0 Å². The average Bonchev–Trinajstić information content (AvgIpc) is 2.53. The monoisotopic (exact) mass is 270 g/mol. The molecule has 104 valence electrons. The molecule has 0 fully saturated rings. The van der Waals surface area contributed by atoms with Crippen molar-refractivity contribution in [3.8, 4) is 11.5 Å². The third-order valence-corrected chi connectivity index (χ3v) is 3.32. The first-order valence-corrected chi connectivity index (χ1v) is 6.49. The van der Waals surface area contributed by atoms with Crippen LogP contribution in [-0.2, 0) is 11.2 Å². The van der Waals surface area contributed by atoms with E-state index in [4.69, 9.17) is 9.47 Å². The molecular weight excluding hydrogens is 252 g/mol. The Morgan fingerprint density at radius 1 is 0.900 bits per heavy atom. The molecular formula is C17H18O3. The van der Waals surface area contributed by atoms with E-state index in [-0.39, 0.29) is 5.92 Å². The fraction of sp³-hybridized carbons (Fsp3) is 0.235. The van der Waals surface area contributed by atoms with Gasteiger partial charge in [-0.15, -0.1) is 0 Å². The van der Waals surface area contributed by atoms with E-state index in [2.05, 4.69) is 0 Å². The van der Waals surface area contributed by atoms with Gasteiger partial charge in [-0.2, -0.15) is 0 Å². The maximum absolute atomic E-state index is 11.3. The van der Waals surface area contributed by atoms with Gasteiger partial charge in [-0.1, -0.05) is 24.3 Å². The largest absolute Gasteiger partial charge is 0.497 e. The zero-order chi connectivity index (χ0) is 14.4. The highest BCUT2D eigenvalue weighted by molar-refractivity contribution is 5.63. The van der Waals surface area contributed by atoms with E-state index < -0.39 is 0 Å². The number of aldehydes is 1. The van der Waals surface area contributed by atoms with E-state index in [1.807, 2.05) is 48.5 Å². The van der Waals surface area contributed by atoms with Gasteiger partial charge in [0.25, 0.3) is 0 Å². The third kappa shape index (κ3) is 3.38. The maximum Gasteiger partial charge on any atom is 0.127 e. The van der Waals surface area contributed by atoms with Crippen LogP contribution in [0.3, 0.4) is 0 Å². The summed E-state index contributed by atoms with van der Waals surface area (Å²) in [7, 11) is 3.27. The number of carbonyl (C=O) groups is 1. The van der Waals surface area contributed by atoms with Crippen LogP contribution in [0.2, 0.25) is 0 Å². The predicted octanol–water partition coefficient (Wildman–Crippen LogP) is 3.23. The van der Waals surface area contributed by atoms with Crippen LogP contribution in [0.5, 0.6) is 11.5 Å². The minimum Gasteiger partial charge on any atom is -0.497 e. The Hall–Kier alpha value is -2.29. The second-order valence-corrected chi connectivity index (χ2v) is 4.57. The molecule has 1 unspecified atom stereocenters. The van der Waals surface area contributed by atoms with E-state index in [1.54, 1.807) is 14.2 Å². The Bertz CT molecular complexity index is 543. The van der Waals surface area contributed by atoms with Crippen molar-refractivity contribution in [1.29, 1.82) is 0 Å². The summed E-state index contributed by atoms with van der Waals surface area (Å²) in [5.41, 5.74) is 2.11. The maximum atomic E-state index is 11.3. The molecule has 0 amide bonds. The summed E-state index contributed by atoms with van der Waals surface area (Å²) in [5.74, 6) is 1.47. The molecule has 2 aromatic carbocycles. The Kier molecular flexibility index (Phi) is 4.77. The summed E-state index contributed by atoms with van der Waals surface area (Å²) < 4.78 is 10.3. The minimum atomic E-state index is -0.144. The first-order valence-electron chi connectivity index (χ1n) is 6.49. The number of methoxy groups -OCH3 is 2. The first-order chi connectivity index (χ1) is 9.76. The zero-order valence-electron chi connectivity index (χ0n) is 11.7. The molecule has 1 atom stereocenters. The standard InChI is InChI=1S/C17H18O3/c1-19-16-7-3-13(4-8-16)11-15(12-18)14-5-9-17(20-2)10-6-14/h3-10,12,15H,11H2,1-2H3. The molecule has 0 saturated heterocycles. The van der Waals surface area contributed by atoms with Crippen molar-refractivity contribution in [2.24, 2.45) is 0 Å². The molecule has 0 saturated carbocycles. The van der Waals surface area contributed by atoms with Crippen LogP contribution < -0.4 is 9.47 Å². The molecule has 0 spiro atoms. The second kappa shape index (κ2) is 6.75. The van der Waals surface area contributed by atoms with E-state index in [0.717, 1.165) is 28.9 Å². The number of rotatable bonds is 6. The molecule has 3 nitrogen and oxygen atoms in total. The highest BCUT2D eigenvalue weighted by Gasteiger charge is 2.11. The number of carbonyl (C=O) groups excluding carboxylic acids is 1. The fourth-order valence-electron chi connectivity index (χ4n) is 2.11. The van der Waals surface area contributed by atoms with Crippen LogP contribution in [0, 0.1) is 0 Å². The van der Waals surface area contributed by atoms with Crippen molar-refractivity contribution >= 4 is 6.29 Å². The SMILES string of the molecule is COc1ccc(CC(C=O)c2ccc(OC)cc2)cc1.